The van der Waals surface area contributed by atoms with Crippen molar-refractivity contribution in [3.63, 3.8) is 0 Å². The lowest BCUT2D eigenvalue weighted by Gasteiger charge is -2.42. The Hall–Kier alpha value is -6.13. The third-order valence-corrected chi connectivity index (χ3v) is 11.7. The summed E-state index contributed by atoms with van der Waals surface area (Å²) < 4.78 is 2.46. The highest BCUT2D eigenvalue weighted by atomic mass is 15.0. The largest absolute Gasteiger partial charge is 0.309 e. The van der Waals surface area contributed by atoms with Crippen LogP contribution in [0.2, 0.25) is 0 Å². The third-order valence-electron chi connectivity index (χ3n) is 11.7. The van der Waals surface area contributed by atoms with Crippen LogP contribution in [0.4, 0.5) is 0 Å². The molecule has 0 spiro atoms. The number of fused-ring (bicyclic) bond motifs is 7. The van der Waals surface area contributed by atoms with Crippen molar-refractivity contribution in [1.29, 1.82) is 0 Å². The van der Waals surface area contributed by atoms with Gasteiger partial charge in [-0.15, -0.1) is 0 Å². The van der Waals surface area contributed by atoms with Gasteiger partial charge in [-0.3, -0.25) is 0 Å². The fourth-order valence-corrected chi connectivity index (χ4v) is 8.65. The molecule has 0 saturated carbocycles. The van der Waals surface area contributed by atoms with Gasteiger partial charge in [-0.25, -0.2) is 15.0 Å². The third kappa shape index (κ3) is 5.08. The van der Waals surface area contributed by atoms with Gasteiger partial charge in [-0.05, 0) is 98.8 Å². The zero-order valence-electron chi connectivity index (χ0n) is 30.6. The second-order valence-corrected chi connectivity index (χ2v) is 15.9. The molecule has 7 aromatic carbocycles. The van der Waals surface area contributed by atoms with E-state index in [9.17, 15) is 0 Å². The summed E-state index contributed by atoms with van der Waals surface area (Å²) in [4.78, 5) is 15.2. The van der Waals surface area contributed by atoms with Crippen LogP contribution in [0.1, 0.15) is 51.7 Å². The monoisotopic (exact) mass is 684 g/mol. The van der Waals surface area contributed by atoms with E-state index in [1.807, 2.05) is 18.2 Å². The molecular formula is C49H40N4. The van der Waals surface area contributed by atoms with Gasteiger partial charge in [0.2, 0.25) is 0 Å². The Morgan fingerprint density at radius 2 is 1.02 bits per heavy atom. The molecule has 0 saturated heterocycles. The number of hydrogen-bond acceptors (Lipinski definition) is 3. The standard InChI is InChI=1S/C49H40N4/c1-48(2)27-28-49(3,4)41-30-43-39(29-40(41)48)44-37-19-11-9-14-32(37)23-26-42(44)53(43)35-24-21-34(22-25-35)46-50-45(33-15-6-5-7-16-33)51-47(52-46)38-20-12-17-31-13-8-10-18-36(31)38/h5-26,29-30H,27-28H2,1-4H3. The predicted molar refractivity (Wildman–Crippen MR) is 221 cm³/mol. The number of nitrogens with zero attached hydrogens (tertiary/aromatic N) is 4. The van der Waals surface area contributed by atoms with Gasteiger partial charge in [-0.2, -0.15) is 0 Å². The van der Waals surface area contributed by atoms with Crippen molar-refractivity contribution in [2.45, 2.75) is 51.4 Å². The number of hydrogen-bond donors (Lipinski definition) is 0. The molecule has 1 aliphatic rings. The first-order valence-electron chi connectivity index (χ1n) is 18.7. The van der Waals surface area contributed by atoms with E-state index < -0.39 is 0 Å². The maximum Gasteiger partial charge on any atom is 0.164 e. The number of rotatable bonds is 4. The molecule has 0 fully saturated rings. The summed E-state index contributed by atoms with van der Waals surface area (Å²) in [5, 5.41) is 7.46. The maximum absolute atomic E-state index is 5.12. The second-order valence-electron chi connectivity index (χ2n) is 15.9. The molecule has 4 heteroatoms. The van der Waals surface area contributed by atoms with Gasteiger partial charge >= 0.3 is 0 Å². The highest BCUT2D eigenvalue weighted by Gasteiger charge is 2.38. The van der Waals surface area contributed by atoms with Crippen LogP contribution in [-0.4, -0.2) is 19.5 Å². The minimum absolute atomic E-state index is 0.100. The van der Waals surface area contributed by atoms with E-state index in [0.29, 0.717) is 17.5 Å². The minimum atomic E-state index is 0.100. The van der Waals surface area contributed by atoms with E-state index in [-0.39, 0.29) is 10.8 Å². The van der Waals surface area contributed by atoms with Crippen molar-refractivity contribution in [3.8, 4) is 39.9 Å². The molecule has 0 amide bonds. The summed E-state index contributed by atoms with van der Waals surface area (Å²) in [6.07, 6.45) is 2.36. The van der Waals surface area contributed by atoms with Gasteiger partial charge in [0.15, 0.2) is 17.5 Å². The Kier molecular flexibility index (Phi) is 6.97. The summed E-state index contributed by atoms with van der Waals surface area (Å²) in [5.41, 5.74) is 9.64. The summed E-state index contributed by atoms with van der Waals surface area (Å²) in [6.45, 7) is 9.65. The maximum atomic E-state index is 5.12. The molecule has 0 atom stereocenters. The Labute approximate surface area is 309 Å². The molecule has 0 unspecified atom stereocenters. The van der Waals surface area contributed by atoms with Crippen molar-refractivity contribution in [2.75, 3.05) is 0 Å². The van der Waals surface area contributed by atoms with Crippen LogP contribution in [0.3, 0.4) is 0 Å². The highest BCUT2D eigenvalue weighted by Crippen LogP contribution is 2.49. The highest BCUT2D eigenvalue weighted by molar-refractivity contribution is 6.21. The molecule has 9 aromatic rings. The molecule has 256 valence electrons. The first kappa shape index (κ1) is 31.6. The number of benzene rings is 7. The fourth-order valence-electron chi connectivity index (χ4n) is 8.65. The van der Waals surface area contributed by atoms with Crippen molar-refractivity contribution < 1.29 is 0 Å². The van der Waals surface area contributed by atoms with E-state index >= 15 is 0 Å². The van der Waals surface area contributed by atoms with Crippen molar-refractivity contribution in [1.82, 2.24) is 19.5 Å². The predicted octanol–water partition coefficient (Wildman–Crippen LogP) is 12.6. The smallest absolute Gasteiger partial charge is 0.164 e. The first-order valence-corrected chi connectivity index (χ1v) is 18.7. The fraction of sp³-hybridized carbons (Fsp3) is 0.163. The molecule has 0 radical (unpaired) electrons. The van der Waals surface area contributed by atoms with Crippen LogP contribution in [0.25, 0.3) is 83.2 Å². The number of aromatic nitrogens is 4. The van der Waals surface area contributed by atoms with E-state index in [4.69, 9.17) is 15.0 Å². The zero-order chi connectivity index (χ0) is 35.9. The second kappa shape index (κ2) is 11.7. The summed E-state index contributed by atoms with van der Waals surface area (Å²) >= 11 is 0. The van der Waals surface area contributed by atoms with Crippen LogP contribution in [0.5, 0.6) is 0 Å². The Morgan fingerprint density at radius 1 is 0.453 bits per heavy atom. The van der Waals surface area contributed by atoms with E-state index in [0.717, 1.165) is 33.2 Å². The molecule has 0 bridgehead atoms. The zero-order valence-corrected chi connectivity index (χ0v) is 30.6. The van der Waals surface area contributed by atoms with Gasteiger partial charge in [0, 0.05) is 33.2 Å². The molecule has 2 heterocycles. The van der Waals surface area contributed by atoms with Crippen LogP contribution < -0.4 is 0 Å². The van der Waals surface area contributed by atoms with Gasteiger partial charge in [0.05, 0.1) is 11.0 Å². The van der Waals surface area contributed by atoms with Crippen LogP contribution >= 0.6 is 0 Å². The lowest BCUT2D eigenvalue weighted by Crippen LogP contribution is -2.33. The Bertz CT molecular complexity index is 2870. The molecular weight excluding hydrogens is 645 g/mol. The molecule has 0 aliphatic heterocycles. The Balaban J connectivity index is 1.18. The van der Waals surface area contributed by atoms with E-state index in [1.54, 1.807) is 0 Å². The first-order chi connectivity index (χ1) is 25.7. The SMILES string of the molecule is CC1(C)CCC(C)(C)c2cc3c(cc21)c1c2ccccc2ccc1n3-c1ccc(-c2nc(-c3ccccc3)nc(-c3cccc4ccccc34)n2)cc1. The van der Waals surface area contributed by atoms with Crippen molar-refractivity contribution in [3.05, 3.63) is 157 Å². The normalized spacial score (nSPS) is 14.9. The van der Waals surface area contributed by atoms with E-state index in [2.05, 4.69) is 160 Å². The quantitative estimate of drug-likeness (QED) is 0.185. The molecule has 1 aliphatic carbocycles. The van der Waals surface area contributed by atoms with Gasteiger partial charge in [0.25, 0.3) is 0 Å². The van der Waals surface area contributed by atoms with Crippen LogP contribution in [0, 0.1) is 0 Å². The molecule has 0 N–H and O–H groups in total. The summed E-state index contributed by atoms with van der Waals surface area (Å²) in [6, 6.07) is 52.1. The lowest BCUT2D eigenvalue weighted by atomic mass is 9.63. The average molecular weight is 685 g/mol. The summed E-state index contributed by atoms with van der Waals surface area (Å²) in [7, 11) is 0. The van der Waals surface area contributed by atoms with Crippen LogP contribution in [-0.2, 0) is 10.8 Å². The van der Waals surface area contributed by atoms with E-state index in [1.165, 1.54) is 56.5 Å². The molecule has 2 aromatic heterocycles. The minimum Gasteiger partial charge on any atom is -0.309 e. The Morgan fingerprint density at radius 3 is 1.74 bits per heavy atom. The topological polar surface area (TPSA) is 43.6 Å². The van der Waals surface area contributed by atoms with Crippen molar-refractivity contribution in [2.24, 2.45) is 0 Å². The van der Waals surface area contributed by atoms with Gasteiger partial charge in [-0.1, -0.05) is 131 Å². The van der Waals surface area contributed by atoms with Gasteiger partial charge in [0.1, 0.15) is 0 Å². The lowest BCUT2D eigenvalue weighted by molar-refractivity contribution is 0.332. The van der Waals surface area contributed by atoms with Crippen molar-refractivity contribution >= 4 is 43.4 Å². The molecule has 10 rings (SSSR count). The van der Waals surface area contributed by atoms with Gasteiger partial charge < -0.3 is 4.57 Å². The molecule has 53 heavy (non-hydrogen) atoms. The molecule has 4 nitrogen and oxygen atoms in total. The summed E-state index contributed by atoms with van der Waals surface area (Å²) in [5.74, 6) is 1.98. The van der Waals surface area contributed by atoms with Crippen LogP contribution in [0.15, 0.2) is 146 Å². The average Bonchev–Trinajstić information content (AvgIpc) is 3.53.